The van der Waals surface area contributed by atoms with Gasteiger partial charge >= 0.3 is 5.97 Å². The van der Waals surface area contributed by atoms with Gasteiger partial charge in [-0.05, 0) is 31.2 Å². The van der Waals surface area contributed by atoms with E-state index in [-0.39, 0.29) is 18.1 Å². The smallest absolute Gasteiger partial charge is 0.358 e. The molecule has 0 fully saturated rings. The zero-order valence-electron chi connectivity index (χ0n) is 9.84. The number of rotatable bonds is 3. The van der Waals surface area contributed by atoms with Gasteiger partial charge < -0.3 is 14.3 Å². The van der Waals surface area contributed by atoms with Gasteiger partial charge in [0.1, 0.15) is 11.5 Å². The summed E-state index contributed by atoms with van der Waals surface area (Å²) in [5.41, 5.74) is 0.650. The number of benzene rings is 1. The maximum atomic E-state index is 10.8. The molecule has 0 saturated heterocycles. The topological polar surface area (TPSA) is 72.6 Å². The van der Waals surface area contributed by atoms with Gasteiger partial charge in [0.05, 0.1) is 7.11 Å². The highest BCUT2D eigenvalue weighted by Crippen LogP contribution is 2.23. The molecule has 1 N–H and O–H groups in total. The second kappa shape index (κ2) is 5.55. The third-order valence-corrected chi connectivity index (χ3v) is 2.34. The summed E-state index contributed by atoms with van der Waals surface area (Å²) in [5.74, 6) is 0.215. The van der Waals surface area contributed by atoms with Crippen LogP contribution in [0.2, 0.25) is 0 Å². The van der Waals surface area contributed by atoms with Crippen molar-refractivity contribution >= 4 is 18.4 Å². The number of carboxylic acid groups (broad SMARTS) is 1. The lowest BCUT2D eigenvalue weighted by Gasteiger charge is -1.99. The SMILES string of the molecule is COc1ccc(-c2nc(C(=O)O)c(C)o2)cc1.Cl. The van der Waals surface area contributed by atoms with E-state index >= 15 is 0 Å². The van der Waals surface area contributed by atoms with Gasteiger partial charge in [-0.15, -0.1) is 12.4 Å². The van der Waals surface area contributed by atoms with Crippen molar-refractivity contribution < 1.29 is 19.1 Å². The minimum Gasteiger partial charge on any atom is -0.497 e. The second-order valence-electron chi connectivity index (χ2n) is 3.46. The Morgan fingerprint density at radius 3 is 2.39 bits per heavy atom. The first-order chi connectivity index (χ1) is 8.11. The second-order valence-corrected chi connectivity index (χ2v) is 3.46. The van der Waals surface area contributed by atoms with Crippen molar-refractivity contribution in [1.29, 1.82) is 0 Å². The first kappa shape index (κ1) is 14.1. The van der Waals surface area contributed by atoms with Crippen LogP contribution in [0.5, 0.6) is 5.75 Å². The van der Waals surface area contributed by atoms with E-state index in [1.54, 1.807) is 38.3 Å². The van der Waals surface area contributed by atoms with Gasteiger partial charge in [-0.25, -0.2) is 9.78 Å². The number of halogens is 1. The number of ether oxygens (including phenoxy) is 1. The van der Waals surface area contributed by atoms with Crippen LogP contribution in [0.25, 0.3) is 11.5 Å². The Labute approximate surface area is 110 Å². The molecule has 6 heteroatoms. The summed E-state index contributed by atoms with van der Waals surface area (Å²) in [4.78, 5) is 14.8. The molecule has 2 aromatic rings. The van der Waals surface area contributed by atoms with E-state index in [2.05, 4.69) is 4.98 Å². The molecule has 0 unspecified atom stereocenters. The lowest BCUT2D eigenvalue weighted by molar-refractivity contribution is 0.0689. The lowest BCUT2D eigenvalue weighted by atomic mass is 10.2. The van der Waals surface area contributed by atoms with Crippen LogP contribution in [-0.2, 0) is 0 Å². The number of hydrogen-bond acceptors (Lipinski definition) is 4. The normalized spacial score (nSPS) is 9.67. The number of carboxylic acids is 1. The Balaban J connectivity index is 0.00000162. The molecule has 1 aromatic carbocycles. The fourth-order valence-corrected chi connectivity index (χ4v) is 1.45. The molecule has 2 rings (SSSR count). The Kier molecular flexibility index (Phi) is 4.33. The summed E-state index contributed by atoms with van der Waals surface area (Å²) in [7, 11) is 1.58. The van der Waals surface area contributed by atoms with Gasteiger partial charge in [-0.3, -0.25) is 0 Å². The van der Waals surface area contributed by atoms with Crippen LogP contribution in [0.1, 0.15) is 16.2 Å². The van der Waals surface area contributed by atoms with E-state index in [9.17, 15) is 4.79 Å². The highest BCUT2D eigenvalue weighted by Gasteiger charge is 2.16. The molecule has 5 nitrogen and oxygen atoms in total. The third-order valence-electron chi connectivity index (χ3n) is 2.34. The maximum absolute atomic E-state index is 10.8. The minimum absolute atomic E-state index is 0. The fraction of sp³-hybridized carbons (Fsp3) is 0.167. The van der Waals surface area contributed by atoms with Crippen molar-refractivity contribution in [3.05, 3.63) is 35.7 Å². The third kappa shape index (κ3) is 2.62. The van der Waals surface area contributed by atoms with Crippen molar-refractivity contribution in [3.63, 3.8) is 0 Å². The van der Waals surface area contributed by atoms with Gasteiger partial charge in [0.15, 0.2) is 5.69 Å². The van der Waals surface area contributed by atoms with Crippen LogP contribution < -0.4 is 4.74 Å². The van der Waals surface area contributed by atoms with Gasteiger partial charge in [0.2, 0.25) is 5.89 Å². The minimum atomic E-state index is -1.09. The van der Waals surface area contributed by atoms with Gasteiger partial charge in [-0.1, -0.05) is 0 Å². The quantitative estimate of drug-likeness (QED) is 0.927. The first-order valence-electron chi connectivity index (χ1n) is 4.97. The van der Waals surface area contributed by atoms with Crippen molar-refractivity contribution in [2.45, 2.75) is 6.92 Å². The standard InChI is InChI=1S/C12H11NO4.ClH/c1-7-10(12(14)15)13-11(17-7)8-3-5-9(16-2)6-4-8;/h3-6H,1-2H3,(H,14,15);1H. The van der Waals surface area contributed by atoms with Gasteiger partial charge in [-0.2, -0.15) is 0 Å². The summed E-state index contributed by atoms with van der Waals surface area (Å²) >= 11 is 0. The Bertz CT molecular complexity index is 548. The van der Waals surface area contributed by atoms with Crippen LogP contribution in [-0.4, -0.2) is 23.2 Å². The Morgan fingerprint density at radius 1 is 1.33 bits per heavy atom. The zero-order chi connectivity index (χ0) is 12.4. The van der Waals surface area contributed by atoms with Crippen molar-refractivity contribution in [2.75, 3.05) is 7.11 Å². The molecule has 1 aromatic heterocycles. The molecule has 0 spiro atoms. The number of aryl methyl sites for hydroxylation is 1. The lowest BCUT2D eigenvalue weighted by Crippen LogP contribution is -1.98. The molecule has 96 valence electrons. The van der Waals surface area contributed by atoms with Crippen LogP contribution in [0, 0.1) is 6.92 Å². The van der Waals surface area contributed by atoms with Crippen molar-refractivity contribution in [1.82, 2.24) is 4.98 Å². The molecular weight excluding hydrogens is 258 g/mol. The number of methoxy groups -OCH3 is 1. The number of carbonyl (C=O) groups is 1. The van der Waals surface area contributed by atoms with Crippen LogP contribution in [0.15, 0.2) is 28.7 Å². The molecule has 0 atom stereocenters. The Hall–Kier alpha value is -2.01. The van der Waals surface area contributed by atoms with Crippen molar-refractivity contribution in [2.24, 2.45) is 0 Å². The largest absolute Gasteiger partial charge is 0.497 e. The molecule has 0 aliphatic heterocycles. The summed E-state index contributed by atoms with van der Waals surface area (Å²) in [5, 5.41) is 8.87. The highest BCUT2D eigenvalue weighted by molar-refractivity contribution is 5.87. The predicted octanol–water partition coefficient (Wildman–Crippen LogP) is 2.78. The molecule has 0 saturated carbocycles. The van der Waals surface area contributed by atoms with Crippen molar-refractivity contribution in [3.8, 4) is 17.2 Å². The number of oxazole rings is 1. The summed E-state index contributed by atoms with van der Waals surface area (Å²) in [6, 6.07) is 7.04. The summed E-state index contributed by atoms with van der Waals surface area (Å²) in [6.07, 6.45) is 0. The van der Waals surface area contributed by atoms with Crippen LogP contribution >= 0.6 is 12.4 Å². The summed E-state index contributed by atoms with van der Waals surface area (Å²) < 4.78 is 10.3. The molecule has 18 heavy (non-hydrogen) atoms. The van der Waals surface area contributed by atoms with Crippen LogP contribution in [0.4, 0.5) is 0 Å². The van der Waals surface area contributed by atoms with Gasteiger partial charge in [0.25, 0.3) is 0 Å². The maximum Gasteiger partial charge on any atom is 0.358 e. The van der Waals surface area contributed by atoms with E-state index in [0.29, 0.717) is 17.2 Å². The molecule has 0 amide bonds. The monoisotopic (exact) mass is 269 g/mol. The molecule has 1 heterocycles. The fourth-order valence-electron chi connectivity index (χ4n) is 1.45. The highest BCUT2D eigenvalue weighted by atomic mass is 35.5. The molecular formula is C12H12ClNO4. The van der Waals surface area contributed by atoms with Crippen LogP contribution in [0.3, 0.4) is 0 Å². The number of nitrogens with zero attached hydrogens (tertiary/aromatic N) is 1. The number of aromatic nitrogens is 1. The average Bonchev–Trinajstić information content (AvgIpc) is 2.71. The number of hydrogen-bond donors (Lipinski definition) is 1. The van der Waals surface area contributed by atoms with E-state index in [0.717, 1.165) is 5.75 Å². The van der Waals surface area contributed by atoms with Gasteiger partial charge in [0, 0.05) is 5.56 Å². The average molecular weight is 270 g/mol. The van der Waals surface area contributed by atoms with E-state index in [1.807, 2.05) is 0 Å². The molecule has 0 aliphatic carbocycles. The Morgan fingerprint density at radius 2 is 1.94 bits per heavy atom. The van der Waals surface area contributed by atoms with E-state index in [4.69, 9.17) is 14.3 Å². The van der Waals surface area contributed by atoms with E-state index in [1.165, 1.54) is 0 Å². The van der Waals surface area contributed by atoms with E-state index < -0.39 is 5.97 Å². The summed E-state index contributed by atoms with van der Waals surface area (Å²) in [6.45, 7) is 1.57. The molecule has 0 radical (unpaired) electrons. The predicted molar refractivity (Wildman–Crippen MR) is 67.4 cm³/mol. The molecule has 0 bridgehead atoms. The first-order valence-corrected chi connectivity index (χ1v) is 4.97. The number of aromatic carboxylic acids is 1. The zero-order valence-corrected chi connectivity index (χ0v) is 10.7. The molecule has 0 aliphatic rings.